The standard InChI is InChI=1S/C6H9BF3O/c8-7(9,10)5-2-1-3-6(11)4-5/h5H,1-4H2/q-1. The average molecular weight is 165 g/mol. The largest absolute Gasteiger partial charge is 0.481 e. The van der Waals surface area contributed by atoms with E-state index >= 15 is 0 Å². The molecule has 1 unspecified atom stereocenters. The predicted molar refractivity (Wildman–Crippen MR) is 36.3 cm³/mol. The number of halogens is 3. The molecule has 64 valence electrons. The molecule has 1 aliphatic carbocycles. The van der Waals surface area contributed by atoms with E-state index in [9.17, 15) is 17.7 Å². The maximum absolute atomic E-state index is 12.0. The molecule has 0 aromatic carbocycles. The molecule has 1 aliphatic rings. The van der Waals surface area contributed by atoms with Crippen LogP contribution >= 0.6 is 0 Å². The Kier molecular flexibility index (Phi) is 2.25. The quantitative estimate of drug-likeness (QED) is 0.545. The smallest absolute Gasteiger partial charge is 0.449 e. The Bertz CT molecular complexity index is 166. The minimum Gasteiger partial charge on any atom is -0.449 e. The van der Waals surface area contributed by atoms with Gasteiger partial charge in [0.05, 0.1) is 0 Å². The van der Waals surface area contributed by atoms with Gasteiger partial charge in [-0.2, -0.15) is 0 Å². The number of rotatable bonds is 1. The lowest BCUT2D eigenvalue weighted by molar-refractivity contribution is -0.120. The molecule has 1 fully saturated rings. The van der Waals surface area contributed by atoms with Crippen LogP contribution in [0, 0.1) is 0 Å². The lowest BCUT2D eigenvalue weighted by Gasteiger charge is -2.29. The number of hydrogen-bond donors (Lipinski definition) is 0. The van der Waals surface area contributed by atoms with Gasteiger partial charge in [0.25, 0.3) is 0 Å². The second-order valence-electron chi connectivity index (χ2n) is 3.02. The molecule has 0 spiro atoms. The highest BCUT2D eigenvalue weighted by Gasteiger charge is 2.37. The van der Waals surface area contributed by atoms with Crippen molar-refractivity contribution in [2.75, 3.05) is 0 Å². The summed E-state index contributed by atoms with van der Waals surface area (Å²) in [5.41, 5.74) is 0. The zero-order valence-corrected chi connectivity index (χ0v) is 6.03. The fourth-order valence-electron chi connectivity index (χ4n) is 1.38. The van der Waals surface area contributed by atoms with Gasteiger partial charge in [-0.1, -0.05) is 12.2 Å². The van der Waals surface area contributed by atoms with Crippen molar-refractivity contribution >= 4 is 12.8 Å². The van der Waals surface area contributed by atoms with Gasteiger partial charge >= 0.3 is 6.98 Å². The molecule has 0 heterocycles. The van der Waals surface area contributed by atoms with Crippen LogP contribution in [-0.2, 0) is 4.79 Å². The van der Waals surface area contributed by atoms with Crippen LogP contribution in [0.2, 0.25) is 5.82 Å². The third-order valence-corrected chi connectivity index (χ3v) is 2.05. The van der Waals surface area contributed by atoms with Gasteiger partial charge in [-0.3, -0.25) is 4.79 Å². The molecular weight excluding hydrogens is 156 g/mol. The van der Waals surface area contributed by atoms with Gasteiger partial charge in [0.2, 0.25) is 0 Å². The first-order chi connectivity index (χ1) is 5.00. The van der Waals surface area contributed by atoms with E-state index in [1.165, 1.54) is 0 Å². The van der Waals surface area contributed by atoms with Gasteiger partial charge in [-0.15, -0.1) is 0 Å². The van der Waals surface area contributed by atoms with E-state index in [4.69, 9.17) is 0 Å². The molecule has 11 heavy (non-hydrogen) atoms. The van der Waals surface area contributed by atoms with Gasteiger partial charge in [-0.25, -0.2) is 0 Å². The van der Waals surface area contributed by atoms with Gasteiger partial charge in [-0.05, 0) is 12.8 Å². The van der Waals surface area contributed by atoms with E-state index in [-0.39, 0.29) is 18.6 Å². The Morgan fingerprint density at radius 3 is 2.36 bits per heavy atom. The Hall–Kier alpha value is -0.475. The van der Waals surface area contributed by atoms with E-state index in [0.717, 1.165) is 0 Å². The highest BCUT2D eigenvalue weighted by molar-refractivity contribution is 6.60. The van der Waals surface area contributed by atoms with E-state index < -0.39 is 12.8 Å². The molecule has 1 nitrogen and oxygen atoms in total. The van der Waals surface area contributed by atoms with Crippen LogP contribution in [0.5, 0.6) is 0 Å². The lowest BCUT2D eigenvalue weighted by Crippen LogP contribution is -2.28. The first-order valence-electron chi connectivity index (χ1n) is 3.72. The molecular formula is C6H9BF3O-. The average Bonchev–Trinajstić information content (AvgIpc) is 1.86. The fourth-order valence-corrected chi connectivity index (χ4v) is 1.38. The van der Waals surface area contributed by atoms with Crippen molar-refractivity contribution in [3.05, 3.63) is 0 Å². The number of carbonyl (C=O) groups excluding carboxylic acids is 1. The predicted octanol–water partition coefficient (Wildman–Crippen LogP) is 2.35. The van der Waals surface area contributed by atoms with Crippen molar-refractivity contribution in [3.63, 3.8) is 0 Å². The molecule has 1 atom stereocenters. The molecule has 1 saturated carbocycles. The zero-order chi connectivity index (χ0) is 8.48. The highest BCUT2D eigenvalue weighted by Crippen LogP contribution is 2.37. The maximum atomic E-state index is 12.0. The fraction of sp³-hybridized carbons (Fsp3) is 0.833. The summed E-state index contributed by atoms with van der Waals surface area (Å²) in [6, 6.07) is 0. The summed E-state index contributed by atoms with van der Waals surface area (Å²) in [6.07, 6.45) is 0.617. The van der Waals surface area contributed by atoms with Crippen LogP contribution in [0.15, 0.2) is 0 Å². The summed E-state index contributed by atoms with van der Waals surface area (Å²) >= 11 is 0. The lowest BCUT2D eigenvalue weighted by atomic mass is 9.65. The third kappa shape index (κ3) is 2.24. The summed E-state index contributed by atoms with van der Waals surface area (Å²) in [5.74, 6) is -1.54. The molecule has 0 saturated heterocycles. The van der Waals surface area contributed by atoms with E-state index in [1.807, 2.05) is 0 Å². The SMILES string of the molecule is O=C1CCCC([B-](F)(F)F)C1. The normalized spacial score (nSPS) is 27.2. The van der Waals surface area contributed by atoms with Crippen LogP contribution < -0.4 is 0 Å². The minimum absolute atomic E-state index is 0.148. The summed E-state index contributed by atoms with van der Waals surface area (Å²) < 4.78 is 36.1. The molecule has 0 radical (unpaired) electrons. The van der Waals surface area contributed by atoms with Crippen LogP contribution in [0.3, 0.4) is 0 Å². The van der Waals surface area contributed by atoms with E-state index in [0.29, 0.717) is 12.8 Å². The van der Waals surface area contributed by atoms with E-state index in [2.05, 4.69) is 0 Å². The van der Waals surface area contributed by atoms with Crippen molar-refractivity contribution < 1.29 is 17.7 Å². The second kappa shape index (κ2) is 2.87. The maximum Gasteiger partial charge on any atom is 0.481 e. The van der Waals surface area contributed by atoms with Crippen LogP contribution in [0.4, 0.5) is 12.9 Å². The molecule has 1 rings (SSSR count). The Morgan fingerprint density at radius 1 is 1.36 bits per heavy atom. The van der Waals surface area contributed by atoms with Gasteiger partial charge in [0.1, 0.15) is 5.78 Å². The molecule has 0 bridgehead atoms. The molecule has 0 N–H and O–H groups in total. The minimum atomic E-state index is -4.78. The van der Waals surface area contributed by atoms with Crippen molar-refractivity contribution in [1.29, 1.82) is 0 Å². The van der Waals surface area contributed by atoms with Gasteiger partial charge < -0.3 is 12.9 Å². The Morgan fingerprint density at radius 2 is 2.00 bits per heavy atom. The number of hydrogen-bond acceptors (Lipinski definition) is 1. The second-order valence-corrected chi connectivity index (χ2v) is 3.02. The summed E-state index contributed by atoms with van der Waals surface area (Å²) in [4.78, 5) is 10.6. The topological polar surface area (TPSA) is 17.1 Å². The third-order valence-electron chi connectivity index (χ3n) is 2.05. The van der Waals surface area contributed by atoms with Crippen LogP contribution in [0.25, 0.3) is 0 Å². The van der Waals surface area contributed by atoms with Crippen molar-refractivity contribution in [2.24, 2.45) is 0 Å². The van der Waals surface area contributed by atoms with Crippen molar-refractivity contribution in [1.82, 2.24) is 0 Å². The van der Waals surface area contributed by atoms with Gasteiger partial charge in [0.15, 0.2) is 0 Å². The zero-order valence-electron chi connectivity index (χ0n) is 6.03. The summed E-state index contributed by atoms with van der Waals surface area (Å²) in [5, 5.41) is 0. The first kappa shape index (κ1) is 8.62. The first-order valence-corrected chi connectivity index (χ1v) is 3.72. The highest BCUT2D eigenvalue weighted by atomic mass is 19.4. The molecule has 0 aliphatic heterocycles. The number of Topliss-reactive ketones (excluding diaryl/α,β-unsaturated/α-hetero) is 1. The molecule has 0 amide bonds. The molecule has 5 heteroatoms. The Balaban J connectivity index is 2.53. The van der Waals surface area contributed by atoms with Crippen LogP contribution in [0.1, 0.15) is 25.7 Å². The summed E-state index contributed by atoms with van der Waals surface area (Å²) in [7, 11) is 0. The van der Waals surface area contributed by atoms with Crippen LogP contribution in [-0.4, -0.2) is 12.8 Å². The number of ketones is 1. The van der Waals surface area contributed by atoms with Crippen molar-refractivity contribution in [3.8, 4) is 0 Å². The molecule has 0 aromatic heterocycles. The molecule has 0 aromatic rings. The summed E-state index contributed by atoms with van der Waals surface area (Å²) in [6.45, 7) is -4.78. The number of carbonyl (C=O) groups is 1. The van der Waals surface area contributed by atoms with Gasteiger partial charge in [0, 0.05) is 6.42 Å². The monoisotopic (exact) mass is 165 g/mol. The Labute approximate surface area is 63.0 Å². The van der Waals surface area contributed by atoms with E-state index in [1.54, 1.807) is 0 Å². The van der Waals surface area contributed by atoms with Crippen molar-refractivity contribution in [2.45, 2.75) is 31.5 Å².